The number of hydrogen-bond acceptors (Lipinski definition) is 6. The molecule has 0 aromatic heterocycles. The number of benzene rings is 1. The largest absolute Gasteiger partial charge is 0.480 e. The molecule has 0 radical (unpaired) electrons. The number of aliphatic hydroxyl groups is 1. The summed E-state index contributed by atoms with van der Waals surface area (Å²) in [5, 5.41) is 23.8. The first-order valence-electron chi connectivity index (χ1n) is 9.79. The zero-order valence-electron chi connectivity index (χ0n) is 16.8. The Bertz CT molecular complexity index is 770. The molecule has 2 rings (SSSR count). The molecule has 1 saturated heterocycles. The van der Waals surface area contributed by atoms with Gasteiger partial charge < -0.3 is 31.5 Å². The van der Waals surface area contributed by atoms with Crippen LogP contribution in [0, 0.1) is 0 Å². The fraction of sp³-hybridized carbons (Fsp3) is 0.500. The number of nitrogens with zero attached hydrogens (tertiary/aromatic N) is 1. The van der Waals surface area contributed by atoms with E-state index < -0.39 is 48.6 Å². The van der Waals surface area contributed by atoms with Crippen LogP contribution in [0.25, 0.3) is 0 Å². The van der Waals surface area contributed by atoms with Gasteiger partial charge in [0.15, 0.2) is 0 Å². The highest BCUT2D eigenvalue weighted by Gasteiger charge is 2.37. The van der Waals surface area contributed by atoms with E-state index in [1.54, 1.807) is 30.3 Å². The first kappa shape index (κ1) is 23.3. The number of likely N-dealkylation sites (tertiary alicyclic amines) is 1. The van der Waals surface area contributed by atoms with Gasteiger partial charge in [0.25, 0.3) is 0 Å². The van der Waals surface area contributed by atoms with E-state index in [0.717, 1.165) is 0 Å². The molecule has 1 aliphatic heterocycles. The molecule has 30 heavy (non-hydrogen) atoms. The van der Waals surface area contributed by atoms with Gasteiger partial charge in [0.05, 0.1) is 12.6 Å². The summed E-state index contributed by atoms with van der Waals surface area (Å²) < 4.78 is 0. The van der Waals surface area contributed by atoms with Crippen LogP contribution in [0.2, 0.25) is 0 Å². The Morgan fingerprint density at radius 2 is 1.83 bits per heavy atom. The molecule has 3 amide bonds. The Hall–Kier alpha value is -2.98. The topological polar surface area (TPSA) is 162 Å². The van der Waals surface area contributed by atoms with E-state index in [-0.39, 0.29) is 12.3 Å². The maximum Gasteiger partial charge on any atom is 0.326 e. The molecule has 6 N–H and O–H groups in total. The van der Waals surface area contributed by atoms with E-state index in [9.17, 15) is 29.4 Å². The molecular formula is C20H28N4O6. The summed E-state index contributed by atoms with van der Waals surface area (Å²) in [5.74, 6) is -3.02. The van der Waals surface area contributed by atoms with Crippen LogP contribution in [0.4, 0.5) is 0 Å². The molecule has 10 heteroatoms. The number of nitrogens with one attached hydrogen (secondary N) is 2. The van der Waals surface area contributed by atoms with E-state index in [0.29, 0.717) is 24.9 Å². The van der Waals surface area contributed by atoms with Gasteiger partial charge in [0.2, 0.25) is 17.7 Å². The molecule has 1 heterocycles. The third-order valence-electron chi connectivity index (χ3n) is 4.94. The van der Waals surface area contributed by atoms with Crippen molar-refractivity contribution in [3.05, 3.63) is 35.9 Å². The minimum Gasteiger partial charge on any atom is -0.480 e. The number of nitrogens with two attached hydrogens (primary N) is 1. The SMILES string of the molecule is CC(N)C(=O)N1CCCC1C(=O)NC(CO)C(=O)NC(Cc1ccccc1)C(=O)O. The molecule has 1 aliphatic rings. The second-order valence-corrected chi connectivity index (χ2v) is 7.31. The van der Waals surface area contributed by atoms with Crippen LogP contribution in [0.5, 0.6) is 0 Å². The molecule has 0 aliphatic carbocycles. The van der Waals surface area contributed by atoms with Crippen LogP contribution in [0.15, 0.2) is 30.3 Å². The zero-order valence-corrected chi connectivity index (χ0v) is 16.8. The average Bonchev–Trinajstić information content (AvgIpc) is 3.21. The fourth-order valence-electron chi connectivity index (χ4n) is 3.35. The fourth-order valence-corrected chi connectivity index (χ4v) is 3.35. The minimum absolute atomic E-state index is 0.0489. The molecule has 4 unspecified atom stereocenters. The number of carboxylic acid groups (broad SMARTS) is 1. The highest BCUT2D eigenvalue weighted by atomic mass is 16.4. The zero-order chi connectivity index (χ0) is 22.3. The van der Waals surface area contributed by atoms with Crippen molar-refractivity contribution in [2.45, 2.75) is 50.4 Å². The monoisotopic (exact) mass is 420 g/mol. The van der Waals surface area contributed by atoms with Gasteiger partial charge in [-0.2, -0.15) is 0 Å². The van der Waals surface area contributed by atoms with Gasteiger partial charge in [0.1, 0.15) is 18.1 Å². The van der Waals surface area contributed by atoms with Crippen LogP contribution >= 0.6 is 0 Å². The third kappa shape index (κ3) is 6.01. The summed E-state index contributed by atoms with van der Waals surface area (Å²) in [6.45, 7) is 1.19. The number of carboxylic acids is 1. The lowest BCUT2D eigenvalue weighted by molar-refractivity contribution is -0.143. The van der Waals surface area contributed by atoms with E-state index in [4.69, 9.17) is 5.73 Å². The van der Waals surface area contributed by atoms with Gasteiger partial charge in [0, 0.05) is 13.0 Å². The number of aliphatic hydroxyl groups excluding tert-OH is 1. The molecule has 164 valence electrons. The summed E-state index contributed by atoms with van der Waals surface area (Å²) in [6, 6.07) is 4.64. The summed E-state index contributed by atoms with van der Waals surface area (Å²) in [5.41, 5.74) is 6.33. The van der Waals surface area contributed by atoms with Crippen molar-refractivity contribution >= 4 is 23.7 Å². The molecule has 10 nitrogen and oxygen atoms in total. The van der Waals surface area contributed by atoms with Gasteiger partial charge in [-0.15, -0.1) is 0 Å². The first-order valence-corrected chi connectivity index (χ1v) is 9.79. The Morgan fingerprint density at radius 1 is 1.17 bits per heavy atom. The van der Waals surface area contributed by atoms with Gasteiger partial charge in [-0.1, -0.05) is 30.3 Å². The predicted molar refractivity (Wildman–Crippen MR) is 107 cm³/mol. The van der Waals surface area contributed by atoms with Crippen LogP contribution in [0.3, 0.4) is 0 Å². The van der Waals surface area contributed by atoms with E-state index >= 15 is 0 Å². The smallest absolute Gasteiger partial charge is 0.326 e. The van der Waals surface area contributed by atoms with E-state index in [1.807, 2.05) is 0 Å². The maximum atomic E-state index is 12.6. The molecule has 1 aromatic carbocycles. The maximum absolute atomic E-state index is 12.6. The second-order valence-electron chi connectivity index (χ2n) is 7.31. The first-order chi connectivity index (χ1) is 14.2. The van der Waals surface area contributed by atoms with Crippen LogP contribution in [-0.4, -0.2) is 76.1 Å². The normalized spacial score (nSPS) is 18.9. The van der Waals surface area contributed by atoms with Gasteiger partial charge in [-0.05, 0) is 25.3 Å². The highest BCUT2D eigenvalue weighted by Crippen LogP contribution is 2.18. The number of carbonyl (C=O) groups excluding carboxylic acids is 3. The van der Waals surface area contributed by atoms with Crippen molar-refractivity contribution in [3.8, 4) is 0 Å². The summed E-state index contributed by atoms with van der Waals surface area (Å²) >= 11 is 0. The molecule has 1 fully saturated rings. The van der Waals surface area contributed by atoms with E-state index in [2.05, 4.69) is 10.6 Å². The average molecular weight is 420 g/mol. The Kier molecular flexibility index (Phi) is 8.31. The Morgan fingerprint density at radius 3 is 2.40 bits per heavy atom. The van der Waals surface area contributed by atoms with Crippen molar-refractivity contribution in [2.75, 3.05) is 13.2 Å². The van der Waals surface area contributed by atoms with Crippen molar-refractivity contribution in [1.82, 2.24) is 15.5 Å². The number of rotatable bonds is 9. The number of carbonyl (C=O) groups is 4. The van der Waals surface area contributed by atoms with Crippen LogP contribution < -0.4 is 16.4 Å². The van der Waals surface area contributed by atoms with Crippen molar-refractivity contribution in [1.29, 1.82) is 0 Å². The lowest BCUT2D eigenvalue weighted by atomic mass is 10.1. The lowest BCUT2D eigenvalue weighted by Crippen LogP contribution is -2.57. The quantitative estimate of drug-likeness (QED) is 0.329. The summed E-state index contributed by atoms with van der Waals surface area (Å²) in [4.78, 5) is 50.2. The molecule has 4 atom stereocenters. The number of aliphatic carboxylic acids is 1. The summed E-state index contributed by atoms with van der Waals surface area (Å²) in [6.07, 6.45) is 1.08. The highest BCUT2D eigenvalue weighted by molar-refractivity contribution is 5.94. The molecule has 1 aromatic rings. The Balaban J connectivity index is 2.01. The second kappa shape index (κ2) is 10.7. The number of amides is 3. The van der Waals surface area contributed by atoms with Gasteiger partial charge >= 0.3 is 5.97 Å². The molecule has 0 bridgehead atoms. The minimum atomic E-state index is -1.34. The van der Waals surface area contributed by atoms with Crippen molar-refractivity contribution in [2.24, 2.45) is 5.73 Å². The predicted octanol–water partition coefficient (Wildman–Crippen LogP) is -1.39. The third-order valence-corrected chi connectivity index (χ3v) is 4.94. The summed E-state index contributed by atoms with van der Waals surface area (Å²) in [7, 11) is 0. The van der Waals surface area contributed by atoms with Crippen molar-refractivity contribution < 1.29 is 29.4 Å². The molecule has 0 spiro atoms. The van der Waals surface area contributed by atoms with Gasteiger partial charge in [-0.25, -0.2) is 4.79 Å². The molecule has 0 saturated carbocycles. The van der Waals surface area contributed by atoms with Crippen molar-refractivity contribution in [3.63, 3.8) is 0 Å². The van der Waals surface area contributed by atoms with Gasteiger partial charge in [-0.3, -0.25) is 14.4 Å². The Labute approximate surface area is 174 Å². The number of hydrogen-bond donors (Lipinski definition) is 5. The molecular weight excluding hydrogens is 392 g/mol. The van der Waals surface area contributed by atoms with Crippen LogP contribution in [0.1, 0.15) is 25.3 Å². The van der Waals surface area contributed by atoms with Crippen LogP contribution in [-0.2, 0) is 25.6 Å². The standard InChI is InChI=1S/C20H28N4O6/c1-12(21)19(28)24-9-5-8-16(24)18(27)23-15(11-25)17(26)22-14(20(29)30)10-13-6-3-2-4-7-13/h2-4,6-7,12,14-16,25H,5,8-11,21H2,1H3,(H,22,26)(H,23,27)(H,29,30). The lowest BCUT2D eigenvalue weighted by Gasteiger charge is -2.27. The van der Waals surface area contributed by atoms with E-state index in [1.165, 1.54) is 11.8 Å².